The largest absolute Gasteiger partial charge is 0.454 e. The SMILES string of the molecule is CCc1nn(C)c(C(=O)OCc2c(Br)c(C)nn2C)c1N. The second-order valence-electron chi connectivity index (χ2n) is 4.73. The Morgan fingerprint density at radius 3 is 2.48 bits per heavy atom. The van der Waals surface area contributed by atoms with Crippen LogP contribution in [0.3, 0.4) is 0 Å². The Kier molecular flexibility index (Phi) is 4.36. The predicted octanol–water partition coefficient (Wildman–Crippen LogP) is 1.73. The number of carbonyl (C=O) groups is 1. The Bertz CT molecular complexity index is 689. The van der Waals surface area contributed by atoms with Gasteiger partial charge in [0.2, 0.25) is 0 Å². The van der Waals surface area contributed by atoms with Gasteiger partial charge in [0, 0.05) is 14.1 Å². The van der Waals surface area contributed by atoms with E-state index in [1.54, 1.807) is 18.8 Å². The summed E-state index contributed by atoms with van der Waals surface area (Å²) < 4.78 is 9.31. The van der Waals surface area contributed by atoms with Crippen molar-refractivity contribution in [3.05, 3.63) is 27.2 Å². The molecule has 0 bridgehead atoms. The van der Waals surface area contributed by atoms with Crippen LogP contribution in [0, 0.1) is 6.92 Å². The van der Waals surface area contributed by atoms with Gasteiger partial charge >= 0.3 is 5.97 Å². The fraction of sp³-hybridized carbons (Fsp3) is 0.462. The molecule has 0 saturated carbocycles. The van der Waals surface area contributed by atoms with E-state index in [2.05, 4.69) is 26.1 Å². The maximum atomic E-state index is 12.2. The van der Waals surface area contributed by atoms with E-state index < -0.39 is 5.97 Å². The topological polar surface area (TPSA) is 88.0 Å². The van der Waals surface area contributed by atoms with E-state index in [0.29, 0.717) is 17.8 Å². The Hall–Kier alpha value is -1.83. The van der Waals surface area contributed by atoms with E-state index >= 15 is 0 Å². The average molecular weight is 356 g/mol. The van der Waals surface area contributed by atoms with Gasteiger partial charge in [-0.15, -0.1) is 0 Å². The van der Waals surface area contributed by atoms with Crippen LogP contribution in [-0.2, 0) is 31.9 Å². The highest BCUT2D eigenvalue weighted by Crippen LogP contribution is 2.22. The number of esters is 1. The number of rotatable bonds is 4. The van der Waals surface area contributed by atoms with Gasteiger partial charge in [-0.05, 0) is 29.3 Å². The molecule has 0 spiro atoms. The van der Waals surface area contributed by atoms with Gasteiger partial charge in [-0.25, -0.2) is 4.79 Å². The Morgan fingerprint density at radius 2 is 2.00 bits per heavy atom. The molecule has 0 aromatic carbocycles. The maximum Gasteiger partial charge on any atom is 0.359 e. The first kappa shape index (κ1) is 15.6. The fourth-order valence-corrected chi connectivity index (χ4v) is 2.59. The van der Waals surface area contributed by atoms with Crippen molar-refractivity contribution in [1.82, 2.24) is 19.6 Å². The minimum absolute atomic E-state index is 0.114. The maximum absolute atomic E-state index is 12.2. The molecule has 2 heterocycles. The molecule has 0 aliphatic heterocycles. The van der Waals surface area contributed by atoms with E-state index in [-0.39, 0.29) is 12.3 Å². The molecule has 0 atom stereocenters. The van der Waals surface area contributed by atoms with Gasteiger partial charge < -0.3 is 10.5 Å². The molecule has 2 aromatic rings. The second kappa shape index (κ2) is 5.88. The average Bonchev–Trinajstić information content (AvgIpc) is 2.84. The van der Waals surface area contributed by atoms with Crippen molar-refractivity contribution in [2.45, 2.75) is 26.9 Å². The number of ether oxygens (including phenoxy) is 1. The molecule has 2 rings (SSSR count). The number of nitrogens with zero attached hydrogens (tertiary/aromatic N) is 4. The van der Waals surface area contributed by atoms with Crippen LogP contribution in [0.1, 0.15) is 34.5 Å². The summed E-state index contributed by atoms with van der Waals surface area (Å²) >= 11 is 3.43. The van der Waals surface area contributed by atoms with Crippen LogP contribution >= 0.6 is 15.9 Å². The third-order valence-electron chi connectivity index (χ3n) is 3.29. The molecule has 0 radical (unpaired) electrons. The molecule has 0 aliphatic carbocycles. The van der Waals surface area contributed by atoms with Gasteiger partial charge in [0.1, 0.15) is 6.61 Å². The molecule has 8 heteroatoms. The first-order chi connectivity index (χ1) is 9.86. The van der Waals surface area contributed by atoms with Crippen LogP contribution in [0.5, 0.6) is 0 Å². The standard InChI is InChI=1S/C13H18BrN5O2/c1-5-8-11(15)12(19(4)17-8)13(20)21-6-9-10(14)7(2)16-18(9)3/h5-6,15H2,1-4H3. The first-order valence-corrected chi connectivity index (χ1v) is 7.32. The second-order valence-corrected chi connectivity index (χ2v) is 5.52. The third kappa shape index (κ3) is 2.80. The summed E-state index contributed by atoms with van der Waals surface area (Å²) in [5.41, 5.74) is 8.93. The molecule has 0 aliphatic rings. The quantitative estimate of drug-likeness (QED) is 0.843. The lowest BCUT2D eigenvalue weighted by molar-refractivity contribution is 0.0451. The highest BCUT2D eigenvalue weighted by Gasteiger charge is 2.21. The number of hydrogen-bond acceptors (Lipinski definition) is 5. The van der Waals surface area contributed by atoms with Crippen LogP contribution in [-0.4, -0.2) is 25.5 Å². The summed E-state index contributed by atoms with van der Waals surface area (Å²) in [6, 6.07) is 0. The van der Waals surface area contributed by atoms with Crippen LogP contribution in [0.15, 0.2) is 4.47 Å². The lowest BCUT2D eigenvalue weighted by Gasteiger charge is -2.06. The number of nitrogens with two attached hydrogens (primary N) is 1. The number of aryl methyl sites for hydroxylation is 4. The lowest BCUT2D eigenvalue weighted by atomic mass is 10.2. The number of hydrogen-bond donors (Lipinski definition) is 1. The Morgan fingerprint density at radius 1 is 1.33 bits per heavy atom. The predicted molar refractivity (Wildman–Crippen MR) is 81.8 cm³/mol. The van der Waals surface area contributed by atoms with Gasteiger partial charge in [-0.3, -0.25) is 9.36 Å². The van der Waals surface area contributed by atoms with E-state index in [9.17, 15) is 4.79 Å². The van der Waals surface area contributed by atoms with Crippen molar-refractivity contribution in [2.24, 2.45) is 14.1 Å². The number of halogens is 1. The van der Waals surface area contributed by atoms with Crippen molar-refractivity contribution in [2.75, 3.05) is 5.73 Å². The van der Waals surface area contributed by atoms with Crippen molar-refractivity contribution in [3.8, 4) is 0 Å². The number of carbonyl (C=O) groups excluding carboxylic acids is 1. The number of nitrogen functional groups attached to an aromatic ring is 1. The third-order valence-corrected chi connectivity index (χ3v) is 4.32. The monoisotopic (exact) mass is 355 g/mol. The molecule has 7 nitrogen and oxygen atoms in total. The zero-order chi connectivity index (χ0) is 15.7. The van der Waals surface area contributed by atoms with Crippen LogP contribution in [0.25, 0.3) is 0 Å². The summed E-state index contributed by atoms with van der Waals surface area (Å²) in [4.78, 5) is 12.2. The van der Waals surface area contributed by atoms with Gasteiger partial charge in [0.25, 0.3) is 0 Å². The van der Waals surface area contributed by atoms with Crippen molar-refractivity contribution < 1.29 is 9.53 Å². The van der Waals surface area contributed by atoms with Gasteiger partial charge in [-0.2, -0.15) is 10.2 Å². The molecule has 2 N–H and O–H groups in total. The Labute approximate surface area is 131 Å². The summed E-state index contributed by atoms with van der Waals surface area (Å²) in [6.07, 6.45) is 0.666. The number of anilines is 1. The Balaban J connectivity index is 2.18. The molecule has 0 saturated heterocycles. The molecule has 114 valence electrons. The van der Waals surface area contributed by atoms with Crippen LogP contribution in [0.4, 0.5) is 5.69 Å². The molecule has 21 heavy (non-hydrogen) atoms. The van der Waals surface area contributed by atoms with Gasteiger partial charge in [0.05, 0.1) is 27.2 Å². The fourth-order valence-electron chi connectivity index (χ4n) is 2.14. The minimum atomic E-state index is -0.493. The number of aromatic nitrogens is 4. The summed E-state index contributed by atoms with van der Waals surface area (Å²) in [7, 11) is 3.48. The highest BCUT2D eigenvalue weighted by molar-refractivity contribution is 9.10. The molecular weight excluding hydrogens is 338 g/mol. The van der Waals surface area contributed by atoms with Crippen molar-refractivity contribution >= 4 is 27.6 Å². The van der Waals surface area contributed by atoms with Crippen LogP contribution < -0.4 is 5.73 Å². The normalized spacial score (nSPS) is 10.9. The summed E-state index contributed by atoms with van der Waals surface area (Å²) in [5.74, 6) is -0.493. The molecule has 0 fully saturated rings. The zero-order valence-corrected chi connectivity index (χ0v) is 14.1. The van der Waals surface area contributed by atoms with E-state index in [1.807, 2.05) is 13.8 Å². The van der Waals surface area contributed by atoms with Crippen LogP contribution in [0.2, 0.25) is 0 Å². The van der Waals surface area contributed by atoms with Gasteiger partial charge in [0.15, 0.2) is 5.69 Å². The van der Waals surface area contributed by atoms with E-state index in [0.717, 1.165) is 15.9 Å². The molecule has 0 amide bonds. The van der Waals surface area contributed by atoms with Crippen molar-refractivity contribution in [3.63, 3.8) is 0 Å². The summed E-state index contributed by atoms with van der Waals surface area (Å²) in [6.45, 7) is 3.92. The smallest absolute Gasteiger partial charge is 0.359 e. The lowest BCUT2D eigenvalue weighted by Crippen LogP contribution is -2.14. The molecular formula is C13H18BrN5O2. The first-order valence-electron chi connectivity index (χ1n) is 6.53. The van der Waals surface area contributed by atoms with E-state index in [1.165, 1.54) is 4.68 Å². The van der Waals surface area contributed by atoms with Gasteiger partial charge in [-0.1, -0.05) is 6.92 Å². The highest BCUT2D eigenvalue weighted by atomic mass is 79.9. The minimum Gasteiger partial charge on any atom is -0.454 e. The summed E-state index contributed by atoms with van der Waals surface area (Å²) in [5, 5.41) is 8.46. The molecule has 2 aromatic heterocycles. The molecule has 0 unspecified atom stereocenters. The van der Waals surface area contributed by atoms with Crippen molar-refractivity contribution in [1.29, 1.82) is 0 Å². The van der Waals surface area contributed by atoms with E-state index in [4.69, 9.17) is 10.5 Å². The zero-order valence-electron chi connectivity index (χ0n) is 12.5.